The lowest BCUT2D eigenvalue weighted by Crippen LogP contribution is -2.51. The van der Waals surface area contributed by atoms with Crippen LogP contribution in [-0.4, -0.2) is 18.3 Å². The summed E-state index contributed by atoms with van der Waals surface area (Å²) in [6.45, 7) is 0. The van der Waals surface area contributed by atoms with Crippen LogP contribution >= 0.6 is 0 Å². The van der Waals surface area contributed by atoms with E-state index in [2.05, 4.69) is 20.0 Å². The number of benzene rings is 1. The van der Waals surface area contributed by atoms with Crippen LogP contribution in [0.15, 0.2) is 34.3 Å². The minimum atomic E-state index is -4.76. The van der Waals surface area contributed by atoms with E-state index >= 15 is 0 Å². The van der Waals surface area contributed by atoms with Gasteiger partial charge in [-0.25, -0.2) is 9.98 Å². The lowest BCUT2D eigenvalue weighted by atomic mass is 10.1. The van der Waals surface area contributed by atoms with E-state index in [0.717, 1.165) is 12.1 Å². The van der Waals surface area contributed by atoms with Crippen molar-refractivity contribution in [1.82, 2.24) is 5.32 Å². The molecule has 20 heavy (non-hydrogen) atoms. The fourth-order valence-electron chi connectivity index (χ4n) is 1.61. The minimum Gasteiger partial charge on any atom is -0.406 e. The predicted molar refractivity (Wildman–Crippen MR) is 65.4 cm³/mol. The van der Waals surface area contributed by atoms with Crippen molar-refractivity contribution in [2.45, 2.75) is 12.1 Å². The van der Waals surface area contributed by atoms with Crippen molar-refractivity contribution in [2.75, 3.05) is 0 Å². The number of hydrogen-bond acceptors (Lipinski definition) is 7. The number of hydrogen-bond donors (Lipinski definition) is 4. The molecule has 0 aromatic heterocycles. The molecule has 1 aliphatic rings. The van der Waals surface area contributed by atoms with Crippen LogP contribution in [0.3, 0.4) is 0 Å². The fourth-order valence-corrected chi connectivity index (χ4v) is 1.61. The number of ether oxygens (including phenoxy) is 1. The molecule has 0 bridgehead atoms. The Kier molecular flexibility index (Phi) is 3.18. The third-order valence-corrected chi connectivity index (χ3v) is 2.35. The van der Waals surface area contributed by atoms with E-state index < -0.39 is 12.1 Å². The molecule has 0 aliphatic carbocycles. The number of alkyl halides is 3. The first-order chi connectivity index (χ1) is 9.18. The molecule has 7 N–H and O–H groups in total. The van der Waals surface area contributed by atoms with Gasteiger partial charge in [0.05, 0.1) is 0 Å². The van der Waals surface area contributed by atoms with Gasteiger partial charge in [-0.3, -0.25) is 11.1 Å². The number of guanidine groups is 2. The maximum absolute atomic E-state index is 12.0. The summed E-state index contributed by atoms with van der Waals surface area (Å²) in [6, 6.07) is 4.77. The normalized spacial score (nSPS) is 17.8. The summed E-state index contributed by atoms with van der Waals surface area (Å²) >= 11 is 0. The third-order valence-electron chi connectivity index (χ3n) is 2.35. The van der Waals surface area contributed by atoms with Gasteiger partial charge in [0.25, 0.3) is 0 Å². The van der Waals surface area contributed by atoms with Gasteiger partial charge < -0.3 is 16.2 Å². The number of nitrogens with one attached hydrogen (secondary N) is 1. The van der Waals surface area contributed by atoms with E-state index in [0.29, 0.717) is 5.56 Å². The van der Waals surface area contributed by atoms with Crippen LogP contribution in [0.5, 0.6) is 5.75 Å². The van der Waals surface area contributed by atoms with Crippen LogP contribution in [-0.2, 0) is 5.79 Å². The van der Waals surface area contributed by atoms with Crippen LogP contribution in [0.25, 0.3) is 0 Å². The van der Waals surface area contributed by atoms with Gasteiger partial charge in [0.2, 0.25) is 5.79 Å². The Morgan fingerprint density at radius 1 is 1.05 bits per heavy atom. The molecular formula is C10H11F3N6O. The van der Waals surface area contributed by atoms with Gasteiger partial charge in [0.15, 0.2) is 11.9 Å². The highest BCUT2D eigenvalue weighted by Crippen LogP contribution is 2.27. The highest BCUT2D eigenvalue weighted by atomic mass is 19.4. The van der Waals surface area contributed by atoms with Gasteiger partial charge in [-0.05, 0) is 24.3 Å². The summed E-state index contributed by atoms with van der Waals surface area (Å²) in [7, 11) is 0. The number of nitrogens with two attached hydrogens (primary N) is 3. The molecule has 0 atom stereocenters. The molecule has 0 saturated heterocycles. The van der Waals surface area contributed by atoms with Crippen molar-refractivity contribution < 1.29 is 17.9 Å². The molecule has 0 saturated carbocycles. The maximum Gasteiger partial charge on any atom is 0.573 e. The zero-order valence-corrected chi connectivity index (χ0v) is 9.98. The summed E-state index contributed by atoms with van der Waals surface area (Å²) in [5.74, 6) is -2.06. The quantitative estimate of drug-likeness (QED) is 0.604. The Balaban J connectivity index is 2.28. The topological polar surface area (TPSA) is 124 Å². The van der Waals surface area contributed by atoms with Crippen molar-refractivity contribution in [1.29, 1.82) is 0 Å². The maximum atomic E-state index is 12.0. The van der Waals surface area contributed by atoms with Gasteiger partial charge >= 0.3 is 6.36 Å². The second kappa shape index (κ2) is 4.56. The average Bonchev–Trinajstić information content (AvgIpc) is 2.25. The fraction of sp³-hybridized carbons (Fsp3) is 0.200. The Bertz CT molecular complexity index is 547. The SMILES string of the molecule is NC1=NC(N)(c2ccc(OC(F)(F)F)cc2)N=C(N)N1. The molecule has 1 aromatic carbocycles. The van der Waals surface area contributed by atoms with Crippen molar-refractivity contribution >= 4 is 11.9 Å². The smallest absolute Gasteiger partial charge is 0.406 e. The van der Waals surface area contributed by atoms with Crippen molar-refractivity contribution in [3.8, 4) is 5.75 Å². The van der Waals surface area contributed by atoms with Crippen molar-refractivity contribution in [3.05, 3.63) is 29.8 Å². The van der Waals surface area contributed by atoms with E-state index in [9.17, 15) is 13.2 Å². The number of halogens is 3. The molecule has 10 heteroatoms. The Hall–Kier alpha value is -2.49. The van der Waals surface area contributed by atoms with Crippen LogP contribution < -0.4 is 27.3 Å². The number of aliphatic imine (C=N–C) groups is 2. The van der Waals surface area contributed by atoms with Crippen molar-refractivity contribution in [2.24, 2.45) is 27.2 Å². The average molecular weight is 288 g/mol. The zero-order valence-electron chi connectivity index (χ0n) is 9.98. The molecule has 2 rings (SSSR count). The van der Waals surface area contributed by atoms with Gasteiger partial charge in [0.1, 0.15) is 5.75 Å². The van der Waals surface area contributed by atoms with E-state index in [1.165, 1.54) is 12.1 Å². The highest BCUT2D eigenvalue weighted by molar-refractivity contribution is 5.98. The lowest BCUT2D eigenvalue weighted by Gasteiger charge is -2.26. The Labute approximate surface area is 111 Å². The molecule has 0 unspecified atom stereocenters. The van der Waals surface area contributed by atoms with Crippen molar-refractivity contribution in [3.63, 3.8) is 0 Å². The monoisotopic (exact) mass is 288 g/mol. The summed E-state index contributed by atoms with van der Waals surface area (Å²) < 4.78 is 39.9. The summed E-state index contributed by atoms with van der Waals surface area (Å²) in [5.41, 5.74) is 17.2. The zero-order chi connectivity index (χ0) is 15.0. The van der Waals surface area contributed by atoms with E-state index in [-0.39, 0.29) is 17.7 Å². The summed E-state index contributed by atoms with van der Waals surface area (Å²) in [6.07, 6.45) is -4.76. The van der Waals surface area contributed by atoms with Gasteiger partial charge in [-0.1, -0.05) is 0 Å². The Morgan fingerprint density at radius 3 is 2.00 bits per heavy atom. The standard InChI is InChI=1S/C10H11F3N6O/c11-10(12,13)20-6-3-1-5(2-4-6)9(16)18-7(14)17-8(15)19-9/h1-4H,16H2,(H5,14,15,17,18,19). The molecule has 0 radical (unpaired) electrons. The summed E-state index contributed by atoms with van der Waals surface area (Å²) in [5, 5.41) is 2.45. The molecule has 7 nitrogen and oxygen atoms in total. The first kappa shape index (κ1) is 13.9. The molecule has 0 fully saturated rings. The van der Waals surface area contributed by atoms with Crippen LogP contribution in [0.2, 0.25) is 0 Å². The van der Waals surface area contributed by atoms with Gasteiger partial charge in [0, 0.05) is 5.56 Å². The van der Waals surface area contributed by atoms with E-state index in [1.54, 1.807) is 0 Å². The van der Waals surface area contributed by atoms with Crippen LogP contribution in [0, 0.1) is 0 Å². The molecule has 0 spiro atoms. The molecule has 0 amide bonds. The van der Waals surface area contributed by atoms with Gasteiger partial charge in [-0.15, -0.1) is 13.2 Å². The second-order valence-corrected chi connectivity index (χ2v) is 3.92. The first-order valence-electron chi connectivity index (χ1n) is 5.31. The molecular weight excluding hydrogens is 277 g/mol. The lowest BCUT2D eigenvalue weighted by molar-refractivity contribution is -0.274. The van der Waals surface area contributed by atoms with E-state index in [1.807, 2.05) is 0 Å². The highest BCUT2D eigenvalue weighted by Gasteiger charge is 2.32. The summed E-state index contributed by atoms with van der Waals surface area (Å²) in [4.78, 5) is 7.74. The van der Waals surface area contributed by atoms with Crippen LogP contribution in [0.1, 0.15) is 5.56 Å². The minimum absolute atomic E-state index is 0.0457. The number of rotatable bonds is 2. The first-order valence-corrected chi connectivity index (χ1v) is 5.31. The third kappa shape index (κ3) is 3.09. The molecule has 1 aromatic rings. The molecule has 1 heterocycles. The van der Waals surface area contributed by atoms with Crippen LogP contribution in [0.4, 0.5) is 13.2 Å². The molecule has 1 aliphatic heterocycles. The van der Waals surface area contributed by atoms with Gasteiger partial charge in [-0.2, -0.15) is 0 Å². The predicted octanol–water partition coefficient (Wildman–Crippen LogP) is -0.113. The largest absolute Gasteiger partial charge is 0.573 e. The Morgan fingerprint density at radius 2 is 1.55 bits per heavy atom. The second-order valence-electron chi connectivity index (χ2n) is 3.92. The molecule has 108 valence electrons. The van der Waals surface area contributed by atoms with E-state index in [4.69, 9.17) is 17.2 Å². The number of nitrogens with zero attached hydrogens (tertiary/aromatic N) is 2.